The van der Waals surface area contributed by atoms with Crippen LogP contribution in [0.4, 0.5) is 18.9 Å². The third kappa shape index (κ3) is 5.00. The molecule has 2 aromatic carbocycles. The fraction of sp³-hybridized carbons (Fsp3) is 0.316. The number of aliphatic hydroxyl groups is 2. The lowest BCUT2D eigenvalue weighted by atomic mass is 9.95. The summed E-state index contributed by atoms with van der Waals surface area (Å²) >= 11 is 7.54. The van der Waals surface area contributed by atoms with Crippen molar-refractivity contribution in [1.82, 2.24) is 0 Å². The van der Waals surface area contributed by atoms with Crippen LogP contribution in [-0.2, 0) is 0 Å². The number of carbonyl (C=O) groups excluding carboxylic acids is 1. The topological polar surface area (TPSA) is 69.6 Å². The molecule has 0 saturated heterocycles. The van der Waals surface area contributed by atoms with Gasteiger partial charge in [0.05, 0.1) is 17.2 Å². The Hall–Kier alpha value is -1.74. The maximum absolute atomic E-state index is 13.3. The van der Waals surface area contributed by atoms with E-state index in [4.69, 9.17) is 11.6 Å². The summed E-state index contributed by atoms with van der Waals surface area (Å²) in [4.78, 5) is 13.0. The van der Waals surface area contributed by atoms with E-state index in [0.29, 0.717) is 41.3 Å². The largest absolute Gasteiger partial charge is 0.393 e. The van der Waals surface area contributed by atoms with E-state index >= 15 is 0 Å². The second kappa shape index (κ2) is 8.73. The van der Waals surface area contributed by atoms with Gasteiger partial charge in [0.25, 0.3) is 5.91 Å². The minimum atomic E-state index is -1.61. The van der Waals surface area contributed by atoms with Crippen LogP contribution < -0.4 is 5.32 Å². The number of thioether (sulfide) groups is 1. The van der Waals surface area contributed by atoms with Crippen molar-refractivity contribution < 1.29 is 28.2 Å². The van der Waals surface area contributed by atoms with E-state index in [-0.39, 0.29) is 16.5 Å². The molecule has 1 saturated carbocycles. The first-order valence-electron chi connectivity index (χ1n) is 8.51. The summed E-state index contributed by atoms with van der Waals surface area (Å²) in [5.41, 5.74) is -0.0296. The summed E-state index contributed by atoms with van der Waals surface area (Å²) in [5.74, 6) is -5.07. The van der Waals surface area contributed by atoms with Crippen molar-refractivity contribution in [2.24, 2.45) is 0 Å². The van der Waals surface area contributed by atoms with Crippen LogP contribution in [0.2, 0.25) is 5.02 Å². The number of anilines is 1. The summed E-state index contributed by atoms with van der Waals surface area (Å²) < 4.78 is 39.6. The van der Waals surface area contributed by atoms with Gasteiger partial charge in [-0.15, -0.1) is 11.8 Å². The van der Waals surface area contributed by atoms with Crippen LogP contribution in [0, 0.1) is 17.5 Å². The van der Waals surface area contributed by atoms with Crippen LogP contribution in [-0.4, -0.2) is 33.6 Å². The smallest absolute Gasteiger partial charge is 0.255 e. The fourth-order valence-corrected chi connectivity index (χ4v) is 4.67. The summed E-state index contributed by atoms with van der Waals surface area (Å²) in [6, 6.07) is 5.86. The third-order valence-corrected chi connectivity index (χ3v) is 6.09. The number of nitrogens with one attached hydrogen (secondary N) is 1. The van der Waals surface area contributed by atoms with Gasteiger partial charge < -0.3 is 15.5 Å². The van der Waals surface area contributed by atoms with E-state index in [1.54, 1.807) is 0 Å². The van der Waals surface area contributed by atoms with E-state index in [1.165, 1.54) is 30.0 Å². The van der Waals surface area contributed by atoms with Crippen molar-refractivity contribution in [3.05, 3.63) is 58.4 Å². The molecule has 2 aromatic rings. The highest BCUT2D eigenvalue weighted by Crippen LogP contribution is 2.38. The number of benzene rings is 2. The van der Waals surface area contributed by atoms with Crippen molar-refractivity contribution in [3.8, 4) is 0 Å². The first-order chi connectivity index (χ1) is 13.2. The zero-order valence-corrected chi connectivity index (χ0v) is 16.0. The number of aliphatic hydroxyl groups excluding tert-OH is 2. The Labute approximate surface area is 168 Å². The van der Waals surface area contributed by atoms with Crippen LogP contribution in [0.15, 0.2) is 35.2 Å². The zero-order chi connectivity index (χ0) is 20.4. The fourth-order valence-electron chi connectivity index (χ4n) is 3.05. The quantitative estimate of drug-likeness (QED) is 0.628. The lowest BCUT2D eigenvalue weighted by Crippen LogP contribution is -2.31. The zero-order valence-electron chi connectivity index (χ0n) is 14.5. The Kier molecular flexibility index (Phi) is 6.54. The monoisotopic (exact) mass is 431 g/mol. The Balaban J connectivity index is 1.76. The summed E-state index contributed by atoms with van der Waals surface area (Å²) in [7, 11) is 0. The average Bonchev–Trinajstić information content (AvgIpc) is 2.60. The molecule has 0 aliphatic heterocycles. The molecule has 0 radical (unpaired) electrons. The number of hydrogen-bond acceptors (Lipinski definition) is 4. The molecule has 0 aromatic heterocycles. The average molecular weight is 432 g/mol. The molecular weight excluding hydrogens is 415 g/mol. The minimum absolute atomic E-state index is 0.0742. The van der Waals surface area contributed by atoms with Gasteiger partial charge in [-0.05, 0) is 37.5 Å². The van der Waals surface area contributed by atoms with Gasteiger partial charge in [-0.3, -0.25) is 4.79 Å². The summed E-state index contributed by atoms with van der Waals surface area (Å²) in [6.45, 7) is 0. The lowest BCUT2D eigenvalue weighted by molar-refractivity contribution is 0.0436. The Bertz CT molecular complexity index is 866. The lowest BCUT2D eigenvalue weighted by Gasteiger charge is -2.29. The minimum Gasteiger partial charge on any atom is -0.393 e. The Morgan fingerprint density at radius 3 is 2.25 bits per heavy atom. The summed E-state index contributed by atoms with van der Waals surface area (Å²) in [5, 5.41) is 22.3. The molecule has 0 heterocycles. The van der Waals surface area contributed by atoms with Crippen LogP contribution in [0.1, 0.15) is 29.6 Å². The van der Waals surface area contributed by atoms with Crippen molar-refractivity contribution >= 4 is 35.0 Å². The molecule has 1 amide bonds. The standard InChI is InChI=1S/C19H17ClF3NO3S/c20-14-2-1-9(3-17(14)28-13-7-11(25)6-12(26)8-13)19(27)24-10-4-15(21)18(23)16(22)5-10/h1-5,11-13,25-26H,6-8H2,(H,24,27)/t11-,12?,13?/m1/s1. The van der Waals surface area contributed by atoms with Gasteiger partial charge in [0.2, 0.25) is 0 Å². The SMILES string of the molecule is O=C(Nc1cc(F)c(F)c(F)c1)c1ccc(Cl)c(SC2CC(O)C[C@@H](O)C2)c1. The highest BCUT2D eigenvalue weighted by atomic mass is 35.5. The number of halogens is 4. The van der Waals surface area contributed by atoms with Crippen molar-refractivity contribution in [2.75, 3.05) is 5.32 Å². The van der Waals surface area contributed by atoms with Crippen LogP contribution in [0.3, 0.4) is 0 Å². The van der Waals surface area contributed by atoms with E-state index in [0.717, 1.165) is 0 Å². The Morgan fingerprint density at radius 2 is 1.64 bits per heavy atom. The van der Waals surface area contributed by atoms with E-state index in [2.05, 4.69) is 5.32 Å². The predicted molar refractivity (Wildman–Crippen MR) is 101 cm³/mol. The highest BCUT2D eigenvalue weighted by Gasteiger charge is 2.27. The van der Waals surface area contributed by atoms with E-state index < -0.39 is 35.6 Å². The molecular formula is C19H17ClF3NO3S. The molecule has 4 nitrogen and oxygen atoms in total. The molecule has 3 rings (SSSR count). The molecule has 1 aliphatic carbocycles. The number of rotatable bonds is 4. The molecule has 150 valence electrons. The Morgan fingerprint density at radius 1 is 1.04 bits per heavy atom. The van der Waals surface area contributed by atoms with Crippen LogP contribution in [0.5, 0.6) is 0 Å². The molecule has 3 N–H and O–H groups in total. The summed E-state index contributed by atoms with van der Waals surface area (Å²) in [6.07, 6.45) is 0.105. The van der Waals surface area contributed by atoms with Gasteiger partial charge in [-0.25, -0.2) is 13.2 Å². The van der Waals surface area contributed by atoms with Crippen LogP contribution in [0.25, 0.3) is 0 Å². The number of carbonyl (C=O) groups is 1. The molecule has 1 aliphatic rings. The highest BCUT2D eigenvalue weighted by molar-refractivity contribution is 8.00. The second-order valence-electron chi connectivity index (χ2n) is 6.61. The van der Waals surface area contributed by atoms with E-state index in [1.807, 2.05) is 0 Å². The van der Waals surface area contributed by atoms with Crippen molar-refractivity contribution in [3.63, 3.8) is 0 Å². The molecule has 0 spiro atoms. The van der Waals surface area contributed by atoms with Crippen molar-refractivity contribution in [1.29, 1.82) is 0 Å². The van der Waals surface area contributed by atoms with Gasteiger partial charge in [-0.2, -0.15) is 0 Å². The first-order valence-corrected chi connectivity index (χ1v) is 9.77. The van der Waals surface area contributed by atoms with Crippen LogP contribution >= 0.6 is 23.4 Å². The second-order valence-corrected chi connectivity index (χ2v) is 8.36. The first kappa shape index (κ1) is 21.0. The molecule has 2 unspecified atom stereocenters. The van der Waals surface area contributed by atoms with Gasteiger partial charge in [-0.1, -0.05) is 11.6 Å². The van der Waals surface area contributed by atoms with Gasteiger partial charge in [0.1, 0.15) is 0 Å². The molecule has 1 fully saturated rings. The molecule has 0 bridgehead atoms. The normalized spacial score (nSPS) is 22.1. The third-order valence-electron chi connectivity index (χ3n) is 4.34. The molecule has 3 atom stereocenters. The molecule has 28 heavy (non-hydrogen) atoms. The van der Waals surface area contributed by atoms with Gasteiger partial charge >= 0.3 is 0 Å². The predicted octanol–water partition coefficient (Wildman–Crippen LogP) is 4.38. The number of hydrogen-bond donors (Lipinski definition) is 3. The van der Waals surface area contributed by atoms with Crippen molar-refractivity contribution in [2.45, 2.75) is 41.6 Å². The molecule has 9 heteroatoms. The van der Waals surface area contributed by atoms with E-state index in [9.17, 15) is 28.2 Å². The van der Waals surface area contributed by atoms with Gasteiger partial charge in [0.15, 0.2) is 17.5 Å². The maximum atomic E-state index is 13.3. The maximum Gasteiger partial charge on any atom is 0.255 e. The van der Waals surface area contributed by atoms with Gasteiger partial charge in [0, 0.05) is 33.5 Å². The number of amides is 1.